The van der Waals surface area contributed by atoms with Gasteiger partial charge in [-0.25, -0.2) is 0 Å². The predicted octanol–water partition coefficient (Wildman–Crippen LogP) is 8.28. The number of aliphatic hydroxyl groups excluding tert-OH is 2. The van der Waals surface area contributed by atoms with Gasteiger partial charge in [0, 0.05) is 56.8 Å². The average Bonchev–Trinajstić information content (AvgIpc) is 1.94. The van der Waals surface area contributed by atoms with Gasteiger partial charge in [-0.1, -0.05) is 65.0 Å². The van der Waals surface area contributed by atoms with Crippen molar-refractivity contribution in [3.63, 3.8) is 0 Å². The molecule has 0 aromatic rings. The van der Waals surface area contributed by atoms with Crippen molar-refractivity contribution >= 4 is 17.9 Å². The molecule has 10 aliphatic heterocycles. The molecule has 9 fully saturated rings. The number of hydrogen-bond acceptors (Lipinski definition) is 17. The first-order valence-corrected chi connectivity index (χ1v) is 32.3. The SMILES string of the molecule is C=C1CC2OC3C(CC2(C)OC1CC(C)=CC(C)COC(=O)CC(C)CC(=O)O)OC1CC2OC4CCC5OC6CC7OC(CC(O)CC8CC(C)C(C(C)CC(=O)O)O8)C(C)(O)CCC7OC6(C)CC5(C)OC4CC=CC(C)C2OC1(C)C3O. The summed E-state index contributed by atoms with van der Waals surface area (Å²) in [7, 11) is 0. The zero-order chi connectivity index (χ0) is 61.3. The van der Waals surface area contributed by atoms with Crippen LogP contribution in [-0.2, 0) is 66.5 Å². The van der Waals surface area contributed by atoms with Gasteiger partial charge in [0.2, 0.25) is 0 Å². The van der Waals surface area contributed by atoms with E-state index in [9.17, 15) is 34.8 Å². The second-order valence-electron chi connectivity index (χ2n) is 29.4. The second kappa shape index (κ2) is 25.4. The fraction of sp³-hybridized carbons (Fsp3) is 0.864. The molecule has 10 aliphatic rings. The van der Waals surface area contributed by atoms with E-state index in [1.165, 1.54) is 0 Å². The number of carboxylic acid groups (broad SMARTS) is 2. The number of esters is 1. The molecule has 480 valence electrons. The van der Waals surface area contributed by atoms with Crippen LogP contribution in [0.15, 0.2) is 36.0 Å². The molecular formula is C66H102O19. The summed E-state index contributed by atoms with van der Waals surface area (Å²) in [6.45, 7) is 26.6. The molecule has 0 amide bonds. The van der Waals surface area contributed by atoms with Crippen molar-refractivity contribution in [2.75, 3.05) is 6.61 Å². The maximum atomic E-state index is 12.5. The Kier molecular flexibility index (Phi) is 19.5. The van der Waals surface area contributed by atoms with Crippen molar-refractivity contribution in [3.8, 4) is 0 Å². The summed E-state index contributed by atoms with van der Waals surface area (Å²) in [5, 5.41) is 54.4. The molecule has 19 nitrogen and oxygen atoms in total. The van der Waals surface area contributed by atoms with Crippen LogP contribution < -0.4 is 0 Å². The monoisotopic (exact) mass is 1200 g/mol. The van der Waals surface area contributed by atoms with Gasteiger partial charge in [-0.3, -0.25) is 14.4 Å². The Bertz CT molecular complexity index is 2470. The molecule has 28 atom stereocenters. The lowest BCUT2D eigenvalue weighted by Gasteiger charge is -2.61. The van der Waals surface area contributed by atoms with E-state index in [-0.39, 0.29) is 129 Å². The molecule has 10 rings (SSSR count). The summed E-state index contributed by atoms with van der Waals surface area (Å²) >= 11 is 0. The lowest BCUT2D eigenvalue weighted by molar-refractivity contribution is -0.369. The van der Waals surface area contributed by atoms with Crippen molar-refractivity contribution in [2.24, 2.45) is 29.6 Å². The molecule has 10 heterocycles. The smallest absolute Gasteiger partial charge is 0.306 e. The van der Waals surface area contributed by atoms with Crippen molar-refractivity contribution in [1.82, 2.24) is 0 Å². The molecular weight excluding hydrogens is 1100 g/mol. The molecule has 0 aromatic heterocycles. The fourth-order valence-corrected chi connectivity index (χ4v) is 16.9. The Balaban J connectivity index is 0.765. The van der Waals surface area contributed by atoms with Gasteiger partial charge in [-0.15, -0.1) is 0 Å². The van der Waals surface area contributed by atoms with Gasteiger partial charge < -0.3 is 77.6 Å². The lowest BCUT2D eigenvalue weighted by atomic mass is 9.72. The van der Waals surface area contributed by atoms with E-state index in [0.29, 0.717) is 77.0 Å². The van der Waals surface area contributed by atoms with E-state index < -0.39 is 88.6 Å². The highest BCUT2D eigenvalue weighted by molar-refractivity contribution is 5.72. The summed E-state index contributed by atoms with van der Waals surface area (Å²) in [5.41, 5.74) is -2.50. The number of fused-ring (bicyclic) bond motifs is 8. The van der Waals surface area contributed by atoms with E-state index >= 15 is 0 Å². The van der Waals surface area contributed by atoms with Crippen LogP contribution in [0.25, 0.3) is 0 Å². The van der Waals surface area contributed by atoms with Gasteiger partial charge in [-0.05, 0) is 123 Å². The van der Waals surface area contributed by atoms with Gasteiger partial charge in [-0.2, -0.15) is 0 Å². The summed E-state index contributed by atoms with van der Waals surface area (Å²) < 4.78 is 75.7. The van der Waals surface area contributed by atoms with Crippen LogP contribution in [0.2, 0.25) is 0 Å². The van der Waals surface area contributed by atoms with Crippen LogP contribution in [0.4, 0.5) is 0 Å². The molecule has 0 bridgehead atoms. The van der Waals surface area contributed by atoms with Crippen molar-refractivity contribution in [2.45, 2.75) is 323 Å². The molecule has 0 radical (unpaired) electrons. The average molecular weight is 1200 g/mol. The molecule has 0 spiro atoms. The molecule has 9 saturated heterocycles. The Morgan fingerprint density at radius 1 is 0.741 bits per heavy atom. The van der Waals surface area contributed by atoms with Gasteiger partial charge >= 0.3 is 17.9 Å². The third-order valence-corrected chi connectivity index (χ3v) is 21.5. The van der Waals surface area contributed by atoms with Gasteiger partial charge in [0.1, 0.15) is 17.8 Å². The van der Waals surface area contributed by atoms with Crippen LogP contribution in [0.5, 0.6) is 0 Å². The van der Waals surface area contributed by atoms with E-state index in [1.807, 2.05) is 27.7 Å². The maximum absolute atomic E-state index is 12.5. The Hall–Kier alpha value is -2.89. The molecule has 28 unspecified atom stereocenters. The number of aliphatic hydroxyl groups is 3. The zero-order valence-electron chi connectivity index (χ0n) is 52.4. The molecule has 19 heteroatoms. The minimum Gasteiger partial charge on any atom is -0.481 e. The van der Waals surface area contributed by atoms with E-state index in [4.69, 9.17) is 57.2 Å². The third kappa shape index (κ3) is 14.0. The number of hydrogen-bond donors (Lipinski definition) is 5. The standard InChI is InChI=1S/C66H102O19/c1-34(20-36(3)32-75-57(72)23-35(2)22-55(68)69)21-46-38(5)25-52-63(9,84-46)31-49-60(81-52)61(73)66(12)54(79-49)30-48-59(85-66)37(4)14-13-15-44-43(77-48)16-17-50-64(10,82-44)33-65(11)53(80-50)29-47-45(83-65)18-19-62(8,74)51(78-47)28-41(67)27-42-24-39(6)58(76-42)40(7)26-56(70)71/h13-14,20,35-37,39-54,58-61,67,73-74H,5,15-19,21-33H2,1-4,6-12H3,(H,68,69)(H,70,71). The lowest BCUT2D eigenvalue weighted by Crippen LogP contribution is -2.74. The summed E-state index contributed by atoms with van der Waals surface area (Å²) in [5.74, 6) is -2.60. The number of aliphatic carboxylic acids is 2. The highest BCUT2D eigenvalue weighted by Crippen LogP contribution is 2.54. The van der Waals surface area contributed by atoms with E-state index in [1.54, 1.807) is 13.8 Å². The third-order valence-electron chi connectivity index (χ3n) is 21.5. The maximum Gasteiger partial charge on any atom is 0.306 e. The number of ether oxygens (including phenoxy) is 11. The number of carbonyl (C=O) groups is 3. The highest BCUT2D eigenvalue weighted by Gasteiger charge is 2.65. The first-order chi connectivity index (χ1) is 39.9. The fourth-order valence-electron chi connectivity index (χ4n) is 16.9. The Labute approximate surface area is 503 Å². The second-order valence-corrected chi connectivity index (χ2v) is 29.4. The summed E-state index contributed by atoms with van der Waals surface area (Å²) in [4.78, 5) is 34.9. The van der Waals surface area contributed by atoms with Gasteiger partial charge in [0.15, 0.2) is 0 Å². The molecule has 0 aromatic carbocycles. The molecule has 0 saturated carbocycles. The van der Waals surface area contributed by atoms with Crippen LogP contribution in [0, 0.1) is 29.6 Å². The predicted molar refractivity (Wildman–Crippen MR) is 310 cm³/mol. The minimum absolute atomic E-state index is 0.0312. The van der Waals surface area contributed by atoms with Crippen molar-refractivity contribution in [3.05, 3.63) is 36.0 Å². The normalized spacial score (nSPS) is 47.7. The van der Waals surface area contributed by atoms with Crippen LogP contribution in [0.1, 0.15) is 185 Å². The van der Waals surface area contributed by atoms with E-state index in [2.05, 4.69) is 59.4 Å². The van der Waals surface area contributed by atoms with Crippen molar-refractivity contribution < 1.29 is 92.0 Å². The number of carboxylic acids is 2. The Morgan fingerprint density at radius 3 is 2.20 bits per heavy atom. The van der Waals surface area contributed by atoms with Crippen LogP contribution >= 0.6 is 0 Å². The summed E-state index contributed by atoms with van der Waals surface area (Å²) in [6.07, 6.45) is 6.26. The molecule has 0 aliphatic carbocycles. The van der Waals surface area contributed by atoms with E-state index in [0.717, 1.165) is 17.6 Å². The Morgan fingerprint density at radius 2 is 1.46 bits per heavy atom. The molecule has 85 heavy (non-hydrogen) atoms. The first-order valence-electron chi connectivity index (χ1n) is 32.3. The first kappa shape index (κ1) is 65.1. The number of carbonyl (C=O) groups excluding carboxylic acids is 1. The topological polar surface area (TPSA) is 254 Å². The largest absolute Gasteiger partial charge is 0.481 e. The van der Waals surface area contributed by atoms with Crippen molar-refractivity contribution in [1.29, 1.82) is 0 Å². The van der Waals surface area contributed by atoms with Crippen LogP contribution in [0.3, 0.4) is 0 Å². The van der Waals surface area contributed by atoms with Gasteiger partial charge in [0.25, 0.3) is 0 Å². The quantitative estimate of drug-likeness (QED) is 0.0720. The van der Waals surface area contributed by atoms with Crippen LogP contribution in [-0.4, -0.2) is 188 Å². The summed E-state index contributed by atoms with van der Waals surface area (Å²) in [6, 6.07) is 0. The highest BCUT2D eigenvalue weighted by atomic mass is 16.7. The van der Waals surface area contributed by atoms with Gasteiger partial charge in [0.05, 0.1) is 133 Å². The molecule has 5 N–H and O–H groups in total. The number of rotatable bonds is 16. The minimum atomic E-state index is -1.21. The zero-order valence-corrected chi connectivity index (χ0v) is 52.4.